The molecule has 1 atom stereocenters. The summed E-state index contributed by atoms with van der Waals surface area (Å²) in [5, 5.41) is 6.93. The van der Waals surface area contributed by atoms with E-state index in [1.807, 2.05) is 61.0 Å². The second-order valence-corrected chi connectivity index (χ2v) is 13.3. The molecule has 0 aliphatic carbocycles. The molecule has 8 nitrogen and oxygen atoms in total. The van der Waals surface area contributed by atoms with Gasteiger partial charge in [0.1, 0.15) is 5.75 Å². The van der Waals surface area contributed by atoms with Crippen LogP contribution in [0.4, 0.5) is 8.78 Å². The Kier molecular flexibility index (Phi) is 9.79. The van der Waals surface area contributed by atoms with Gasteiger partial charge in [-0.1, -0.05) is 50.2 Å². The number of hydrogen-bond donors (Lipinski definition) is 0. The summed E-state index contributed by atoms with van der Waals surface area (Å²) in [4.78, 5) is 17.5. The van der Waals surface area contributed by atoms with Gasteiger partial charge < -0.3 is 18.9 Å². The van der Waals surface area contributed by atoms with Gasteiger partial charge in [-0.3, -0.25) is 0 Å². The van der Waals surface area contributed by atoms with Gasteiger partial charge >= 0.3 is 5.97 Å². The molecule has 0 N–H and O–H groups in total. The maximum absolute atomic E-state index is 14.9. The zero-order valence-corrected chi connectivity index (χ0v) is 28.8. The smallest absolute Gasteiger partial charge is 0.338 e. The van der Waals surface area contributed by atoms with Crippen LogP contribution in [0.15, 0.2) is 91.1 Å². The van der Waals surface area contributed by atoms with Crippen molar-refractivity contribution in [1.82, 2.24) is 14.8 Å². The van der Waals surface area contributed by atoms with Gasteiger partial charge in [-0.15, -0.1) is 0 Å². The highest BCUT2D eigenvalue weighted by Crippen LogP contribution is 2.44. The first-order valence-electron chi connectivity index (χ1n) is 17.2. The molecule has 0 bridgehead atoms. The predicted octanol–water partition coefficient (Wildman–Crippen LogP) is 9.69. The Morgan fingerprint density at radius 2 is 1.76 bits per heavy atom. The molecule has 0 spiro atoms. The van der Waals surface area contributed by atoms with Crippen LogP contribution >= 0.6 is 0 Å². The topological polar surface area (TPSA) is 84.7 Å². The Bertz CT molecular complexity index is 2180. The van der Waals surface area contributed by atoms with Crippen LogP contribution in [0.3, 0.4) is 0 Å². The fourth-order valence-corrected chi connectivity index (χ4v) is 6.53. The molecule has 1 aliphatic rings. The number of ether oxygens (including phenoxy) is 4. The van der Waals surface area contributed by atoms with Gasteiger partial charge in [-0.05, 0) is 91.2 Å². The lowest BCUT2D eigenvalue weighted by Crippen LogP contribution is -2.27. The molecule has 262 valence electrons. The van der Waals surface area contributed by atoms with Crippen molar-refractivity contribution in [2.24, 2.45) is 0 Å². The third-order valence-corrected chi connectivity index (χ3v) is 9.12. The Balaban J connectivity index is 1.41. The first kappa shape index (κ1) is 34.3. The summed E-state index contributed by atoms with van der Waals surface area (Å²) in [6.07, 6.45) is 4.44. The first-order valence-corrected chi connectivity index (χ1v) is 17.2. The van der Waals surface area contributed by atoms with Crippen molar-refractivity contribution in [3.05, 3.63) is 120 Å². The highest BCUT2D eigenvalue weighted by Gasteiger charge is 2.31. The van der Waals surface area contributed by atoms with Gasteiger partial charge in [0.2, 0.25) is 5.88 Å². The van der Waals surface area contributed by atoms with Gasteiger partial charge in [-0.25, -0.2) is 23.2 Å². The van der Waals surface area contributed by atoms with E-state index < -0.39 is 23.0 Å². The number of carbonyl (C=O) groups is 1. The van der Waals surface area contributed by atoms with Crippen LogP contribution in [-0.2, 0) is 26.2 Å². The van der Waals surface area contributed by atoms with Gasteiger partial charge in [0.25, 0.3) is 0 Å². The van der Waals surface area contributed by atoms with E-state index in [0.29, 0.717) is 52.6 Å². The van der Waals surface area contributed by atoms with E-state index in [-0.39, 0.29) is 19.4 Å². The SMILES string of the molecule is CCOC(=O)c1ccc(Oc2nc(C(C)(C)COCc3ccccc3)c(-c3ccc(F)c(F)c3)c3cc4cnn(C5CCCCO5)c4cc23)cc1. The van der Waals surface area contributed by atoms with Crippen LogP contribution in [0.25, 0.3) is 32.8 Å². The lowest BCUT2D eigenvalue weighted by molar-refractivity contribution is -0.0366. The van der Waals surface area contributed by atoms with Crippen molar-refractivity contribution in [2.75, 3.05) is 19.8 Å². The molecular weight excluding hydrogens is 652 g/mol. The molecule has 3 heterocycles. The minimum atomic E-state index is -0.963. The second-order valence-electron chi connectivity index (χ2n) is 13.3. The Morgan fingerprint density at radius 3 is 2.49 bits per heavy atom. The van der Waals surface area contributed by atoms with Crippen LogP contribution in [0.2, 0.25) is 0 Å². The summed E-state index contributed by atoms with van der Waals surface area (Å²) < 4.78 is 55.2. The molecule has 2 aromatic heterocycles. The lowest BCUT2D eigenvalue weighted by Gasteiger charge is -2.29. The zero-order valence-electron chi connectivity index (χ0n) is 28.8. The van der Waals surface area contributed by atoms with E-state index in [4.69, 9.17) is 29.0 Å². The molecule has 1 unspecified atom stereocenters. The zero-order chi connectivity index (χ0) is 35.5. The number of esters is 1. The van der Waals surface area contributed by atoms with E-state index in [9.17, 15) is 13.6 Å². The third kappa shape index (κ3) is 7.20. The van der Waals surface area contributed by atoms with E-state index in [2.05, 4.69) is 0 Å². The molecule has 0 saturated carbocycles. The molecular formula is C41H39F2N3O5. The van der Waals surface area contributed by atoms with Gasteiger partial charge in [0.15, 0.2) is 17.9 Å². The normalized spacial score (nSPS) is 15.0. The largest absolute Gasteiger partial charge is 0.462 e. The molecule has 1 saturated heterocycles. The number of nitrogens with zero attached hydrogens (tertiary/aromatic N) is 3. The van der Waals surface area contributed by atoms with E-state index in [1.165, 1.54) is 6.07 Å². The van der Waals surface area contributed by atoms with Gasteiger partial charge in [0.05, 0.1) is 42.8 Å². The minimum Gasteiger partial charge on any atom is -0.462 e. The van der Waals surface area contributed by atoms with Crippen LogP contribution in [-0.4, -0.2) is 40.6 Å². The quantitative estimate of drug-likeness (QED) is 0.125. The predicted molar refractivity (Wildman–Crippen MR) is 191 cm³/mol. The highest BCUT2D eigenvalue weighted by molar-refractivity contribution is 6.07. The van der Waals surface area contributed by atoms with Crippen LogP contribution < -0.4 is 4.74 Å². The standard InChI is InChI=1S/C41H39F2N3O5/c1-4-49-40(47)27-13-16-30(17-14-27)51-39-32-22-35-29(23-44-46(35)36-12-8-9-19-50-36)20-31(32)37(28-15-18-33(42)34(43)21-28)38(45-39)41(2,3)25-48-24-26-10-6-5-7-11-26/h5-7,10-11,13-18,20-23,36H,4,8-9,12,19,24-25H2,1-3H3. The summed E-state index contributed by atoms with van der Waals surface area (Å²) >= 11 is 0. The number of hydrogen-bond acceptors (Lipinski definition) is 7. The second kappa shape index (κ2) is 14.6. The first-order chi connectivity index (χ1) is 24.7. The molecule has 51 heavy (non-hydrogen) atoms. The summed E-state index contributed by atoms with van der Waals surface area (Å²) in [5.74, 6) is -1.58. The van der Waals surface area contributed by atoms with Crippen molar-refractivity contribution in [2.45, 2.75) is 58.3 Å². The van der Waals surface area contributed by atoms with E-state index in [0.717, 1.165) is 47.2 Å². The average Bonchev–Trinajstić information content (AvgIpc) is 3.56. The van der Waals surface area contributed by atoms with Crippen LogP contribution in [0.1, 0.15) is 67.9 Å². The monoisotopic (exact) mass is 691 g/mol. The molecule has 7 rings (SSSR count). The minimum absolute atomic E-state index is 0.216. The van der Waals surface area contributed by atoms with Crippen molar-refractivity contribution < 1.29 is 32.5 Å². The van der Waals surface area contributed by atoms with Crippen LogP contribution in [0.5, 0.6) is 11.6 Å². The summed E-state index contributed by atoms with van der Waals surface area (Å²) in [5.41, 5.74) is 3.19. The number of aromatic nitrogens is 3. The molecule has 1 fully saturated rings. The number of pyridine rings is 1. The number of rotatable bonds is 11. The van der Waals surface area contributed by atoms with Crippen molar-refractivity contribution in [1.29, 1.82) is 0 Å². The fraction of sp³-hybridized carbons (Fsp3) is 0.293. The Morgan fingerprint density at radius 1 is 0.961 bits per heavy atom. The van der Waals surface area contributed by atoms with Crippen LogP contribution in [0, 0.1) is 11.6 Å². The van der Waals surface area contributed by atoms with Crippen molar-refractivity contribution >= 4 is 27.6 Å². The Labute approximate surface area is 294 Å². The molecule has 1 aliphatic heterocycles. The third-order valence-electron chi connectivity index (χ3n) is 9.12. The molecule has 6 aromatic rings. The number of halogens is 2. The number of carbonyl (C=O) groups excluding carboxylic acids is 1. The molecule has 10 heteroatoms. The fourth-order valence-electron chi connectivity index (χ4n) is 6.53. The van der Waals surface area contributed by atoms with Crippen molar-refractivity contribution in [3.8, 4) is 22.8 Å². The lowest BCUT2D eigenvalue weighted by atomic mass is 9.82. The Hall–Kier alpha value is -5.19. The number of benzene rings is 4. The molecule has 0 amide bonds. The maximum Gasteiger partial charge on any atom is 0.338 e. The summed E-state index contributed by atoms with van der Waals surface area (Å²) in [6.45, 7) is 7.34. The van der Waals surface area contributed by atoms with Gasteiger partial charge in [0, 0.05) is 28.4 Å². The van der Waals surface area contributed by atoms with E-state index in [1.54, 1.807) is 43.5 Å². The van der Waals surface area contributed by atoms with Gasteiger partial charge in [-0.2, -0.15) is 5.10 Å². The summed E-state index contributed by atoms with van der Waals surface area (Å²) in [6, 6.07) is 24.4. The van der Waals surface area contributed by atoms with E-state index >= 15 is 0 Å². The average molecular weight is 692 g/mol. The highest BCUT2D eigenvalue weighted by atomic mass is 19.2. The summed E-state index contributed by atoms with van der Waals surface area (Å²) in [7, 11) is 0. The van der Waals surface area contributed by atoms with Crippen molar-refractivity contribution in [3.63, 3.8) is 0 Å². The molecule has 4 aromatic carbocycles. The number of fused-ring (bicyclic) bond motifs is 2. The maximum atomic E-state index is 14.9. The molecule has 0 radical (unpaired) electrons.